The summed E-state index contributed by atoms with van der Waals surface area (Å²) < 4.78 is 13.0. The molecule has 3 N–H and O–H groups in total. The number of anilines is 1. The molecule has 33 heavy (non-hydrogen) atoms. The van der Waals surface area contributed by atoms with Gasteiger partial charge in [0.05, 0.1) is 11.3 Å². The van der Waals surface area contributed by atoms with E-state index in [1.54, 1.807) is 29.2 Å². The summed E-state index contributed by atoms with van der Waals surface area (Å²) >= 11 is 1.53. The van der Waals surface area contributed by atoms with Crippen LogP contribution in [0, 0.1) is 5.82 Å². The number of hydrogen-bond donors (Lipinski definition) is 3. The zero-order valence-electron chi connectivity index (χ0n) is 18.7. The largest absolute Gasteiger partial charge is 0.400 e. The minimum absolute atomic E-state index is 0.0711. The lowest BCUT2D eigenvalue weighted by molar-refractivity contribution is 0.0947. The second-order valence-corrected chi connectivity index (χ2v) is 7.72. The summed E-state index contributed by atoms with van der Waals surface area (Å²) in [7, 11) is 2.00. The van der Waals surface area contributed by atoms with Crippen LogP contribution in [0.1, 0.15) is 33.2 Å². The van der Waals surface area contributed by atoms with Gasteiger partial charge in [0.15, 0.2) is 0 Å². The first-order valence-corrected chi connectivity index (χ1v) is 11.0. The second-order valence-electron chi connectivity index (χ2n) is 6.64. The van der Waals surface area contributed by atoms with Crippen LogP contribution in [0.3, 0.4) is 0 Å². The number of carbonyl (C=O) groups excluding carboxylic acids is 2. The monoisotopic (exact) mass is 470 g/mol. The molecule has 8 heteroatoms. The molecule has 1 aliphatic rings. The van der Waals surface area contributed by atoms with Crippen molar-refractivity contribution in [2.75, 3.05) is 25.7 Å². The van der Waals surface area contributed by atoms with Gasteiger partial charge in [0.1, 0.15) is 5.82 Å². The lowest BCUT2D eigenvalue weighted by Gasteiger charge is -2.21. The Morgan fingerprint density at radius 1 is 0.970 bits per heavy atom. The summed E-state index contributed by atoms with van der Waals surface area (Å²) in [6, 6.07) is 18.9. The van der Waals surface area contributed by atoms with Gasteiger partial charge in [-0.25, -0.2) is 4.39 Å². The average Bonchev–Trinajstić information content (AvgIpc) is 2.99. The molecule has 0 atom stereocenters. The number of halogens is 1. The van der Waals surface area contributed by atoms with Crippen molar-refractivity contribution in [2.24, 2.45) is 0 Å². The molecule has 0 saturated carbocycles. The SMILES string of the molecule is CCN1C(=O)c2ccccc2Sc2ccc(C(=O)NCc3ccc(F)cc3)cc21.CO.CO. The molecule has 2 amide bonds. The number of carbonyl (C=O) groups is 2. The maximum absolute atomic E-state index is 13.0. The second kappa shape index (κ2) is 12.7. The molecule has 4 rings (SSSR count). The third kappa shape index (κ3) is 6.19. The zero-order chi connectivity index (χ0) is 24.4. The number of aliphatic hydroxyl groups excluding tert-OH is 2. The van der Waals surface area contributed by atoms with E-state index in [-0.39, 0.29) is 17.6 Å². The molecule has 3 aromatic rings. The highest BCUT2D eigenvalue weighted by Gasteiger charge is 2.26. The number of rotatable bonds is 4. The topological polar surface area (TPSA) is 89.9 Å². The summed E-state index contributed by atoms with van der Waals surface area (Å²) in [5.41, 5.74) is 2.68. The van der Waals surface area contributed by atoms with Crippen LogP contribution in [0.2, 0.25) is 0 Å². The molecule has 1 heterocycles. The Kier molecular flexibility index (Phi) is 10.1. The first kappa shape index (κ1) is 26.1. The van der Waals surface area contributed by atoms with Crippen LogP contribution in [0.5, 0.6) is 0 Å². The van der Waals surface area contributed by atoms with E-state index < -0.39 is 0 Å². The van der Waals surface area contributed by atoms with E-state index in [9.17, 15) is 14.0 Å². The van der Waals surface area contributed by atoms with E-state index in [4.69, 9.17) is 10.2 Å². The normalized spacial score (nSPS) is 11.6. The lowest BCUT2D eigenvalue weighted by atomic mass is 10.1. The minimum Gasteiger partial charge on any atom is -0.400 e. The van der Waals surface area contributed by atoms with Crippen molar-refractivity contribution in [2.45, 2.75) is 23.3 Å². The fraction of sp³-hybridized carbons (Fsp3) is 0.200. The lowest BCUT2D eigenvalue weighted by Crippen LogP contribution is -2.31. The third-order valence-electron chi connectivity index (χ3n) is 4.78. The smallest absolute Gasteiger partial charge is 0.259 e. The Morgan fingerprint density at radius 2 is 1.64 bits per heavy atom. The molecule has 0 bridgehead atoms. The van der Waals surface area contributed by atoms with Crippen molar-refractivity contribution in [3.05, 3.63) is 89.2 Å². The summed E-state index contributed by atoms with van der Waals surface area (Å²) in [6.07, 6.45) is 0. The van der Waals surface area contributed by atoms with Crippen LogP contribution in [-0.2, 0) is 6.54 Å². The Labute approximate surface area is 197 Å². The van der Waals surface area contributed by atoms with Gasteiger partial charge in [-0.2, -0.15) is 0 Å². The van der Waals surface area contributed by atoms with Gasteiger partial charge < -0.3 is 20.4 Å². The van der Waals surface area contributed by atoms with E-state index in [1.807, 2.05) is 37.3 Å². The molecule has 0 fully saturated rings. The number of nitrogens with one attached hydrogen (secondary N) is 1. The summed E-state index contributed by atoms with van der Waals surface area (Å²) in [5, 5.41) is 16.8. The van der Waals surface area contributed by atoms with Crippen molar-refractivity contribution in [1.82, 2.24) is 5.32 Å². The first-order chi connectivity index (χ1) is 16.1. The maximum Gasteiger partial charge on any atom is 0.259 e. The summed E-state index contributed by atoms with van der Waals surface area (Å²) in [4.78, 5) is 29.2. The maximum atomic E-state index is 13.0. The third-order valence-corrected chi connectivity index (χ3v) is 5.92. The van der Waals surface area contributed by atoms with Gasteiger partial charge in [0, 0.05) is 42.7 Å². The molecule has 0 aliphatic carbocycles. The van der Waals surface area contributed by atoms with Gasteiger partial charge in [-0.1, -0.05) is 36.0 Å². The number of nitrogens with zero attached hydrogens (tertiary/aromatic N) is 1. The van der Waals surface area contributed by atoms with E-state index in [2.05, 4.69) is 5.32 Å². The number of aliphatic hydroxyl groups is 2. The van der Waals surface area contributed by atoms with E-state index in [0.29, 0.717) is 24.2 Å². The fourth-order valence-corrected chi connectivity index (χ4v) is 4.32. The number of hydrogen-bond acceptors (Lipinski definition) is 5. The van der Waals surface area contributed by atoms with Gasteiger partial charge in [-0.3, -0.25) is 9.59 Å². The zero-order valence-corrected chi connectivity index (χ0v) is 19.5. The standard InChI is InChI=1S/C23H19FN2O2S.2CH4O/c1-2-26-19-13-16(22(27)25-14-15-7-10-17(24)11-8-15)9-12-21(19)29-20-6-4-3-5-18(20)23(26)28;2*1-2/h3-13H,2,14H2,1H3,(H,25,27);2*2H,1H3. The van der Waals surface area contributed by atoms with Crippen LogP contribution in [-0.4, -0.2) is 42.8 Å². The van der Waals surface area contributed by atoms with Crippen LogP contribution < -0.4 is 10.2 Å². The van der Waals surface area contributed by atoms with Crippen molar-refractivity contribution in [1.29, 1.82) is 0 Å². The molecule has 3 aromatic carbocycles. The molecule has 0 unspecified atom stereocenters. The quantitative estimate of drug-likeness (QED) is 0.534. The van der Waals surface area contributed by atoms with Gasteiger partial charge in [0.25, 0.3) is 11.8 Å². The highest BCUT2D eigenvalue weighted by atomic mass is 32.2. The van der Waals surface area contributed by atoms with E-state index in [1.165, 1.54) is 23.9 Å². The molecule has 174 valence electrons. The number of benzene rings is 3. The Balaban J connectivity index is 0.000000914. The van der Waals surface area contributed by atoms with Gasteiger partial charge in [-0.15, -0.1) is 0 Å². The first-order valence-electron chi connectivity index (χ1n) is 10.2. The van der Waals surface area contributed by atoms with Crippen LogP contribution >= 0.6 is 11.8 Å². The minimum atomic E-state index is -0.311. The molecule has 6 nitrogen and oxygen atoms in total. The van der Waals surface area contributed by atoms with Gasteiger partial charge in [0.2, 0.25) is 0 Å². The van der Waals surface area contributed by atoms with Crippen molar-refractivity contribution in [3.63, 3.8) is 0 Å². The van der Waals surface area contributed by atoms with Crippen LogP contribution in [0.4, 0.5) is 10.1 Å². The fourth-order valence-electron chi connectivity index (χ4n) is 3.26. The molecular weight excluding hydrogens is 443 g/mol. The summed E-state index contributed by atoms with van der Waals surface area (Å²) in [5.74, 6) is -0.626. The molecule has 0 saturated heterocycles. The Morgan fingerprint density at radius 3 is 2.30 bits per heavy atom. The Bertz CT molecular complexity index is 1090. The van der Waals surface area contributed by atoms with Crippen LogP contribution in [0.25, 0.3) is 0 Å². The van der Waals surface area contributed by atoms with Crippen molar-refractivity contribution < 1.29 is 24.2 Å². The molecular formula is C25H27FN2O4S. The number of amides is 2. The van der Waals surface area contributed by atoms with Crippen LogP contribution in [0.15, 0.2) is 76.5 Å². The molecule has 1 aliphatic heterocycles. The number of fused-ring (bicyclic) bond motifs is 2. The highest BCUT2D eigenvalue weighted by molar-refractivity contribution is 7.99. The van der Waals surface area contributed by atoms with Crippen molar-refractivity contribution >= 4 is 29.3 Å². The predicted molar refractivity (Wildman–Crippen MR) is 128 cm³/mol. The van der Waals surface area contributed by atoms with Gasteiger partial charge >= 0.3 is 0 Å². The van der Waals surface area contributed by atoms with Gasteiger partial charge in [-0.05, 0) is 55.0 Å². The van der Waals surface area contributed by atoms with Crippen molar-refractivity contribution in [3.8, 4) is 0 Å². The Hall–Kier alpha value is -3.20. The predicted octanol–water partition coefficient (Wildman–Crippen LogP) is 4.10. The average molecular weight is 471 g/mol. The highest BCUT2D eigenvalue weighted by Crippen LogP contribution is 2.41. The van der Waals surface area contributed by atoms with E-state index >= 15 is 0 Å². The molecule has 0 spiro atoms. The van der Waals surface area contributed by atoms with E-state index in [0.717, 1.165) is 35.3 Å². The molecule has 0 aromatic heterocycles. The molecule has 0 radical (unpaired) electrons. The summed E-state index contributed by atoms with van der Waals surface area (Å²) in [6.45, 7) is 2.72.